The minimum atomic E-state index is 0.119. The molecule has 0 atom stereocenters. The van der Waals surface area contributed by atoms with Crippen molar-refractivity contribution in [3.8, 4) is 0 Å². The first-order valence-electron chi connectivity index (χ1n) is 3.53. The number of carbonyl (C=O) groups is 1. The molecule has 0 spiro atoms. The van der Waals surface area contributed by atoms with Crippen LogP contribution in [0.5, 0.6) is 0 Å². The third-order valence-corrected chi connectivity index (χ3v) is 2.18. The van der Waals surface area contributed by atoms with Crippen LogP contribution >= 0.6 is 23.2 Å². The average molecular weight is 203 g/mol. The second-order valence-corrected chi connectivity index (χ2v) is 3.44. The number of hydrogen-bond donors (Lipinski definition) is 0. The Kier molecular flexibility index (Phi) is 3.12. The van der Waals surface area contributed by atoms with Crippen molar-refractivity contribution in [2.75, 3.05) is 0 Å². The van der Waals surface area contributed by atoms with E-state index in [1.165, 1.54) is 0 Å². The highest BCUT2D eigenvalue weighted by molar-refractivity contribution is 6.42. The van der Waals surface area contributed by atoms with Crippen molar-refractivity contribution in [1.82, 2.24) is 0 Å². The Hall–Kier alpha value is -0.530. The van der Waals surface area contributed by atoms with E-state index in [0.717, 1.165) is 5.56 Å². The molecule has 1 aromatic rings. The fraction of sp³-hybridized carbons (Fsp3) is 0.222. The van der Waals surface area contributed by atoms with Crippen LogP contribution in [0.15, 0.2) is 18.2 Å². The number of benzene rings is 1. The van der Waals surface area contributed by atoms with Gasteiger partial charge < -0.3 is 0 Å². The number of carbonyl (C=O) groups excluding carboxylic acids is 1. The van der Waals surface area contributed by atoms with Gasteiger partial charge in [-0.3, -0.25) is 4.79 Å². The second kappa shape index (κ2) is 3.92. The highest BCUT2D eigenvalue weighted by Crippen LogP contribution is 2.22. The van der Waals surface area contributed by atoms with Crippen LogP contribution in [0, 0.1) is 0 Å². The molecule has 12 heavy (non-hydrogen) atoms. The average Bonchev–Trinajstić information content (AvgIpc) is 1.96. The Labute approximate surface area is 81.3 Å². The predicted molar refractivity (Wildman–Crippen MR) is 50.8 cm³/mol. The van der Waals surface area contributed by atoms with Gasteiger partial charge in [-0.25, -0.2) is 0 Å². The molecule has 0 saturated carbocycles. The van der Waals surface area contributed by atoms with E-state index in [1.54, 1.807) is 25.1 Å². The molecular formula is C9H8Cl2O. The van der Waals surface area contributed by atoms with Crippen LogP contribution in [-0.4, -0.2) is 5.78 Å². The summed E-state index contributed by atoms with van der Waals surface area (Å²) in [6.45, 7) is 1.54. The van der Waals surface area contributed by atoms with Gasteiger partial charge in [0, 0.05) is 6.42 Å². The van der Waals surface area contributed by atoms with Gasteiger partial charge in [0.2, 0.25) is 0 Å². The summed E-state index contributed by atoms with van der Waals surface area (Å²) in [5.41, 5.74) is 0.900. The van der Waals surface area contributed by atoms with Crippen molar-refractivity contribution in [3.05, 3.63) is 33.8 Å². The Bertz CT molecular complexity index is 307. The largest absolute Gasteiger partial charge is 0.300 e. The van der Waals surface area contributed by atoms with Crippen LogP contribution in [0.3, 0.4) is 0 Å². The maximum atomic E-state index is 10.7. The van der Waals surface area contributed by atoms with Gasteiger partial charge in [-0.1, -0.05) is 29.3 Å². The van der Waals surface area contributed by atoms with Gasteiger partial charge in [-0.15, -0.1) is 0 Å². The molecule has 0 bridgehead atoms. The summed E-state index contributed by atoms with van der Waals surface area (Å²) in [6, 6.07) is 5.21. The number of ketones is 1. The van der Waals surface area contributed by atoms with Crippen LogP contribution < -0.4 is 0 Å². The van der Waals surface area contributed by atoms with Crippen LogP contribution in [0.25, 0.3) is 0 Å². The Morgan fingerprint density at radius 2 is 2.00 bits per heavy atom. The monoisotopic (exact) mass is 202 g/mol. The maximum absolute atomic E-state index is 10.7. The van der Waals surface area contributed by atoms with E-state index in [1.807, 2.05) is 0 Å². The zero-order chi connectivity index (χ0) is 9.14. The van der Waals surface area contributed by atoms with Crippen LogP contribution in [-0.2, 0) is 11.2 Å². The molecule has 64 valence electrons. The van der Waals surface area contributed by atoms with Gasteiger partial charge in [-0.2, -0.15) is 0 Å². The predicted octanol–water partition coefficient (Wildman–Crippen LogP) is 3.12. The third-order valence-electron chi connectivity index (χ3n) is 1.44. The molecule has 0 aliphatic rings. The fourth-order valence-corrected chi connectivity index (χ4v) is 1.26. The first-order chi connectivity index (χ1) is 5.59. The smallest absolute Gasteiger partial charge is 0.134 e. The van der Waals surface area contributed by atoms with Gasteiger partial charge in [0.15, 0.2) is 0 Å². The summed E-state index contributed by atoms with van der Waals surface area (Å²) in [4.78, 5) is 10.7. The first-order valence-corrected chi connectivity index (χ1v) is 4.28. The van der Waals surface area contributed by atoms with Gasteiger partial charge >= 0.3 is 0 Å². The Balaban J connectivity index is 2.89. The van der Waals surface area contributed by atoms with Crippen molar-refractivity contribution in [3.63, 3.8) is 0 Å². The number of halogens is 2. The molecule has 0 amide bonds. The second-order valence-electron chi connectivity index (χ2n) is 2.63. The molecule has 0 unspecified atom stereocenters. The Morgan fingerprint density at radius 1 is 1.33 bits per heavy atom. The molecule has 0 radical (unpaired) electrons. The van der Waals surface area contributed by atoms with Crippen LogP contribution in [0.2, 0.25) is 10.0 Å². The van der Waals surface area contributed by atoms with Gasteiger partial charge in [0.25, 0.3) is 0 Å². The van der Waals surface area contributed by atoms with E-state index in [4.69, 9.17) is 23.2 Å². The molecule has 0 aliphatic heterocycles. The molecule has 3 heteroatoms. The highest BCUT2D eigenvalue weighted by Gasteiger charge is 2.01. The molecule has 0 N–H and O–H groups in total. The summed E-state index contributed by atoms with van der Waals surface area (Å²) in [5.74, 6) is 0.119. The summed E-state index contributed by atoms with van der Waals surface area (Å²) >= 11 is 11.5. The zero-order valence-corrected chi connectivity index (χ0v) is 8.12. The molecule has 1 rings (SSSR count). The van der Waals surface area contributed by atoms with E-state index in [2.05, 4.69) is 0 Å². The van der Waals surface area contributed by atoms with Crippen molar-refractivity contribution in [2.24, 2.45) is 0 Å². The lowest BCUT2D eigenvalue weighted by molar-refractivity contribution is -0.116. The lowest BCUT2D eigenvalue weighted by Crippen LogP contribution is -1.95. The maximum Gasteiger partial charge on any atom is 0.134 e. The molecule has 0 aromatic heterocycles. The van der Waals surface area contributed by atoms with Gasteiger partial charge in [0.05, 0.1) is 10.0 Å². The van der Waals surface area contributed by atoms with Crippen LogP contribution in [0.4, 0.5) is 0 Å². The summed E-state index contributed by atoms with van der Waals surface area (Å²) in [7, 11) is 0. The standard InChI is InChI=1S/C9H8Cl2O/c1-6(12)4-7-2-3-8(10)9(11)5-7/h2-3,5H,4H2,1H3. The van der Waals surface area contributed by atoms with Crippen molar-refractivity contribution in [1.29, 1.82) is 0 Å². The summed E-state index contributed by atoms with van der Waals surface area (Å²) in [5, 5.41) is 1.01. The lowest BCUT2D eigenvalue weighted by atomic mass is 10.1. The summed E-state index contributed by atoms with van der Waals surface area (Å²) in [6.07, 6.45) is 0.414. The number of Topliss-reactive ketones (excluding diaryl/α,β-unsaturated/α-hetero) is 1. The fourth-order valence-electron chi connectivity index (χ4n) is 0.937. The van der Waals surface area contributed by atoms with Crippen molar-refractivity contribution < 1.29 is 4.79 Å². The number of hydrogen-bond acceptors (Lipinski definition) is 1. The molecule has 0 aliphatic carbocycles. The lowest BCUT2D eigenvalue weighted by Gasteiger charge is -1.99. The molecule has 0 fully saturated rings. The SMILES string of the molecule is CC(=O)Cc1ccc(Cl)c(Cl)c1. The van der Waals surface area contributed by atoms with E-state index < -0.39 is 0 Å². The molecule has 1 nitrogen and oxygen atoms in total. The zero-order valence-electron chi connectivity index (χ0n) is 6.60. The molecule has 0 heterocycles. The number of rotatable bonds is 2. The van der Waals surface area contributed by atoms with Gasteiger partial charge in [0.1, 0.15) is 5.78 Å². The minimum Gasteiger partial charge on any atom is -0.300 e. The summed E-state index contributed by atoms with van der Waals surface area (Å²) < 4.78 is 0. The molecular weight excluding hydrogens is 195 g/mol. The van der Waals surface area contributed by atoms with Crippen molar-refractivity contribution in [2.45, 2.75) is 13.3 Å². The minimum absolute atomic E-state index is 0.119. The van der Waals surface area contributed by atoms with Crippen molar-refractivity contribution >= 4 is 29.0 Å². The first kappa shape index (κ1) is 9.56. The Morgan fingerprint density at radius 3 is 2.50 bits per heavy atom. The van der Waals surface area contributed by atoms with E-state index in [9.17, 15) is 4.79 Å². The molecule has 1 aromatic carbocycles. The van der Waals surface area contributed by atoms with Gasteiger partial charge in [-0.05, 0) is 24.6 Å². The quantitative estimate of drug-likeness (QED) is 0.721. The van der Waals surface area contributed by atoms with Crippen LogP contribution in [0.1, 0.15) is 12.5 Å². The highest BCUT2D eigenvalue weighted by atomic mass is 35.5. The topological polar surface area (TPSA) is 17.1 Å². The normalized spacial score (nSPS) is 9.92. The van der Waals surface area contributed by atoms with E-state index >= 15 is 0 Å². The molecule has 0 saturated heterocycles. The van der Waals surface area contributed by atoms with E-state index in [-0.39, 0.29) is 5.78 Å². The third kappa shape index (κ3) is 2.50. The van der Waals surface area contributed by atoms with E-state index in [0.29, 0.717) is 16.5 Å².